The highest BCUT2D eigenvalue weighted by Gasteiger charge is 2.14. The molecular weight excluding hydrogens is 306 g/mol. The summed E-state index contributed by atoms with van der Waals surface area (Å²) in [5.74, 6) is 1.72. The van der Waals surface area contributed by atoms with Crippen molar-refractivity contribution in [1.82, 2.24) is 5.32 Å². The predicted octanol–water partition coefficient (Wildman–Crippen LogP) is 4.02. The minimum absolute atomic E-state index is 0.0530. The van der Waals surface area contributed by atoms with Crippen LogP contribution < -0.4 is 10.1 Å². The number of para-hydroxylation sites is 1. The molecule has 0 aliphatic rings. The van der Waals surface area contributed by atoms with Crippen LogP contribution in [0.15, 0.2) is 54.6 Å². The first-order valence-corrected chi connectivity index (χ1v) is 8.89. The summed E-state index contributed by atoms with van der Waals surface area (Å²) < 4.78 is 5.58. The summed E-state index contributed by atoms with van der Waals surface area (Å²) in [6.07, 6.45) is 0. The van der Waals surface area contributed by atoms with Gasteiger partial charge in [0.15, 0.2) is 0 Å². The van der Waals surface area contributed by atoms with Gasteiger partial charge in [0.05, 0.1) is 11.9 Å². The Hall–Kier alpha value is -1.94. The van der Waals surface area contributed by atoms with E-state index in [1.54, 1.807) is 11.8 Å². The van der Waals surface area contributed by atoms with Crippen LogP contribution in [0.3, 0.4) is 0 Å². The van der Waals surface area contributed by atoms with Gasteiger partial charge < -0.3 is 10.1 Å². The summed E-state index contributed by atoms with van der Waals surface area (Å²) in [7, 11) is 0. The molecular formula is C19H23NO2S. The second-order valence-electron chi connectivity index (χ2n) is 5.20. The summed E-state index contributed by atoms with van der Waals surface area (Å²) in [6, 6.07) is 18.0. The largest absolute Gasteiger partial charge is 0.494 e. The Labute approximate surface area is 142 Å². The van der Waals surface area contributed by atoms with Crippen molar-refractivity contribution in [3.8, 4) is 5.75 Å². The topological polar surface area (TPSA) is 38.3 Å². The summed E-state index contributed by atoms with van der Waals surface area (Å²) >= 11 is 1.64. The number of amides is 1. The maximum atomic E-state index is 12.2. The first-order chi connectivity index (χ1) is 11.2. The molecule has 0 radical (unpaired) electrons. The molecule has 2 aromatic rings. The lowest BCUT2D eigenvalue weighted by Gasteiger charge is -2.14. The summed E-state index contributed by atoms with van der Waals surface area (Å²) in [4.78, 5) is 12.2. The molecule has 1 atom stereocenters. The number of nitrogens with one attached hydrogen (secondary N) is 1. The number of carbonyl (C=O) groups is 1. The normalized spacial score (nSPS) is 11.7. The van der Waals surface area contributed by atoms with E-state index in [-0.39, 0.29) is 11.2 Å². The molecule has 0 spiro atoms. The minimum atomic E-state index is -0.0885. The first-order valence-electron chi connectivity index (χ1n) is 7.84. The van der Waals surface area contributed by atoms with E-state index in [0.717, 1.165) is 17.1 Å². The number of carbonyl (C=O) groups excluding carboxylic acids is 1. The third kappa shape index (κ3) is 5.64. The van der Waals surface area contributed by atoms with Crippen LogP contribution in [0.1, 0.15) is 25.0 Å². The van der Waals surface area contributed by atoms with Crippen molar-refractivity contribution in [1.29, 1.82) is 0 Å². The van der Waals surface area contributed by atoms with Crippen molar-refractivity contribution >= 4 is 17.7 Å². The van der Waals surface area contributed by atoms with E-state index in [2.05, 4.69) is 17.4 Å². The molecule has 1 amide bonds. The van der Waals surface area contributed by atoms with Crippen LogP contribution in [0, 0.1) is 0 Å². The van der Waals surface area contributed by atoms with E-state index in [4.69, 9.17) is 4.74 Å². The molecule has 4 heteroatoms. The fourth-order valence-corrected chi connectivity index (χ4v) is 3.01. The van der Waals surface area contributed by atoms with Crippen molar-refractivity contribution < 1.29 is 9.53 Å². The van der Waals surface area contributed by atoms with Crippen LogP contribution in [-0.4, -0.2) is 17.8 Å². The molecule has 1 unspecified atom stereocenters. The Balaban J connectivity index is 1.82. The van der Waals surface area contributed by atoms with E-state index >= 15 is 0 Å². The Morgan fingerprint density at radius 2 is 1.83 bits per heavy atom. The fraction of sp³-hybridized carbons (Fsp3) is 0.316. The van der Waals surface area contributed by atoms with Gasteiger partial charge in [-0.2, -0.15) is 0 Å². The van der Waals surface area contributed by atoms with E-state index in [1.165, 1.54) is 5.56 Å². The number of hydrogen-bond acceptors (Lipinski definition) is 3. The highest BCUT2D eigenvalue weighted by molar-refractivity contribution is 7.99. The van der Waals surface area contributed by atoms with Crippen molar-refractivity contribution in [2.75, 3.05) is 6.61 Å². The van der Waals surface area contributed by atoms with E-state index in [9.17, 15) is 4.79 Å². The molecule has 2 aromatic carbocycles. The van der Waals surface area contributed by atoms with Gasteiger partial charge in [0, 0.05) is 17.9 Å². The maximum absolute atomic E-state index is 12.2. The molecule has 122 valence electrons. The predicted molar refractivity (Wildman–Crippen MR) is 96.7 cm³/mol. The van der Waals surface area contributed by atoms with E-state index in [0.29, 0.717) is 13.2 Å². The Morgan fingerprint density at radius 3 is 2.57 bits per heavy atom. The Bertz CT molecular complexity index is 616. The number of benzene rings is 2. The SMILES string of the molecule is CCOc1ccccc1CNC(=O)C(C)SCc1ccccc1. The highest BCUT2D eigenvalue weighted by atomic mass is 32.2. The highest BCUT2D eigenvalue weighted by Crippen LogP contribution is 2.19. The van der Waals surface area contributed by atoms with Gasteiger partial charge in [-0.25, -0.2) is 0 Å². The minimum Gasteiger partial charge on any atom is -0.494 e. The zero-order valence-corrected chi connectivity index (χ0v) is 14.4. The van der Waals surface area contributed by atoms with Gasteiger partial charge in [-0.05, 0) is 25.5 Å². The molecule has 3 nitrogen and oxygen atoms in total. The smallest absolute Gasteiger partial charge is 0.233 e. The standard InChI is InChI=1S/C19H23NO2S/c1-3-22-18-12-8-7-11-17(18)13-20-19(21)15(2)23-14-16-9-5-4-6-10-16/h4-12,15H,3,13-14H2,1-2H3,(H,20,21). The van der Waals surface area contributed by atoms with Crippen LogP contribution in [-0.2, 0) is 17.1 Å². The maximum Gasteiger partial charge on any atom is 0.233 e. The van der Waals surface area contributed by atoms with Gasteiger partial charge in [-0.15, -0.1) is 11.8 Å². The molecule has 0 aliphatic carbocycles. The van der Waals surface area contributed by atoms with Crippen molar-refractivity contribution in [3.05, 3.63) is 65.7 Å². The summed E-state index contributed by atoms with van der Waals surface area (Å²) in [5.41, 5.74) is 2.24. The second-order valence-corrected chi connectivity index (χ2v) is 6.53. The number of ether oxygens (including phenoxy) is 1. The van der Waals surface area contributed by atoms with Gasteiger partial charge >= 0.3 is 0 Å². The molecule has 0 heterocycles. The lowest BCUT2D eigenvalue weighted by molar-refractivity contribution is -0.120. The summed E-state index contributed by atoms with van der Waals surface area (Å²) in [6.45, 7) is 5.01. The van der Waals surface area contributed by atoms with E-state index in [1.807, 2.05) is 56.3 Å². The molecule has 0 aromatic heterocycles. The molecule has 1 N–H and O–H groups in total. The second kappa shape index (κ2) is 9.26. The number of thioether (sulfide) groups is 1. The molecule has 0 aliphatic heterocycles. The van der Waals surface area contributed by atoms with Gasteiger partial charge in [-0.1, -0.05) is 48.5 Å². The third-order valence-corrected chi connectivity index (χ3v) is 4.65. The fourth-order valence-electron chi connectivity index (χ4n) is 2.14. The molecule has 23 heavy (non-hydrogen) atoms. The monoisotopic (exact) mass is 329 g/mol. The van der Waals surface area contributed by atoms with Crippen LogP contribution in [0.2, 0.25) is 0 Å². The molecule has 0 saturated carbocycles. The number of hydrogen-bond donors (Lipinski definition) is 1. The van der Waals surface area contributed by atoms with Gasteiger partial charge in [0.25, 0.3) is 0 Å². The molecule has 0 fully saturated rings. The van der Waals surface area contributed by atoms with Crippen molar-refractivity contribution in [3.63, 3.8) is 0 Å². The van der Waals surface area contributed by atoms with Crippen molar-refractivity contribution in [2.24, 2.45) is 0 Å². The van der Waals surface area contributed by atoms with Gasteiger partial charge in [0.1, 0.15) is 5.75 Å². The van der Waals surface area contributed by atoms with Crippen molar-refractivity contribution in [2.45, 2.75) is 31.4 Å². The number of rotatable bonds is 8. The molecule has 2 rings (SSSR count). The lowest BCUT2D eigenvalue weighted by Crippen LogP contribution is -2.30. The molecule has 0 bridgehead atoms. The zero-order chi connectivity index (χ0) is 16.5. The summed E-state index contributed by atoms with van der Waals surface area (Å²) in [5, 5.41) is 2.91. The zero-order valence-electron chi connectivity index (χ0n) is 13.6. The lowest BCUT2D eigenvalue weighted by atomic mass is 10.2. The first kappa shape index (κ1) is 17.4. The third-order valence-electron chi connectivity index (χ3n) is 3.44. The van der Waals surface area contributed by atoms with Crippen LogP contribution in [0.5, 0.6) is 5.75 Å². The van der Waals surface area contributed by atoms with E-state index < -0.39 is 0 Å². The van der Waals surface area contributed by atoms with Gasteiger partial charge in [-0.3, -0.25) is 4.79 Å². The van der Waals surface area contributed by atoms with Crippen LogP contribution in [0.25, 0.3) is 0 Å². The Morgan fingerprint density at radius 1 is 1.13 bits per heavy atom. The average Bonchev–Trinajstić information content (AvgIpc) is 2.59. The van der Waals surface area contributed by atoms with Crippen LogP contribution in [0.4, 0.5) is 0 Å². The quantitative estimate of drug-likeness (QED) is 0.795. The average molecular weight is 329 g/mol. The van der Waals surface area contributed by atoms with Gasteiger partial charge in [0.2, 0.25) is 5.91 Å². The van der Waals surface area contributed by atoms with Crippen LogP contribution >= 0.6 is 11.8 Å². The Kier molecular flexibility index (Phi) is 7.01. The molecule has 0 saturated heterocycles.